The number of hydrogen-bond acceptors (Lipinski definition) is 3. The first kappa shape index (κ1) is 15.2. The highest BCUT2D eigenvalue weighted by molar-refractivity contribution is 6.36. The number of nitrogens with one attached hydrogen (secondary N) is 2. The Morgan fingerprint density at radius 1 is 1.00 bits per heavy atom. The number of amides is 1. The lowest BCUT2D eigenvalue weighted by molar-refractivity contribution is 0.0962. The number of anilines is 1. The number of carbonyl (C=O) groups is 1. The summed E-state index contributed by atoms with van der Waals surface area (Å²) >= 11 is 23.2. The van der Waals surface area contributed by atoms with Crippen molar-refractivity contribution >= 4 is 58.0 Å². The summed E-state index contributed by atoms with van der Waals surface area (Å²) < 4.78 is 0. The van der Waals surface area contributed by atoms with Gasteiger partial charge in [0.15, 0.2) is 0 Å². The zero-order valence-corrected chi connectivity index (χ0v) is 12.8. The predicted octanol–water partition coefficient (Wildman–Crippen LogP) is 4.45. The smallest absolute Gasteiger partial charge is 0.269 e. The molecule has 0 unspecified atom stereocenters. The monoisotopic (exact) mass is 349 g/mol. The van der Waals surface area contributed by atoms with Crippen molar-refractivity contribution in [3.8, 4) is 0 Å². The largest absolute Gasteiger partial charge is 0.297 e. The van der Waals surface area contributed by atoms with Crippen molar-refractivity contribution in [3.05, 3.63) is 56.2 Å². The molecule has 0 saturated carbocycles. The molecule has 0 aliphatic carbocycles. The standard InChI is InChI=1S/C12H7Cl4N3O/c13-7-1-2-9(8(14)5-7)18-19-12(20)6-3-10(15)17-11(16)4-6/h1-5,18H,(H,19,20). The lowest BCUT2D eigenvalue weighted by Crippen LogP contribution is -2.29. The van der Waals surface area contributed by atoms with Crippen LogP contribution in [0.1, 0.15) is 10.4 Å². The average Bonchev–Trinajstić information content (AvgIpc) is 2.36. The molecule has 1 aromatic heterocycles. The van der Waals surface area contributed by atoms with E-state index in [4.69, 9.17) is 46.4 Å². The van der Waals surface area contributed by atoms with E-state index >= 15 is 0 Å². The minimum Gasteiger partial charge on any atom is -0.297 e. The second kappa shape index (κ2) is 6.50. The van der Waals surface area contributed by atoms with E-state index in [1.807, 2.05) is 0 Å². The van der Waals surface area contributed by atoms with Crippen LogP contribution >= 0.6 is 46.4 Å². The molecule has 2 aromatic rings. The van der Waals surface area contributed by atoms with Gasteiger partial charge in [-0.2, -0.15) is 0 Å². The van der Waals surface area contributed by atoms with Gasteiger partial charge in [0.1, 0.15) is 10.3 Å². The molecule has 0 fully saturated rings. The predicted molar refractivity (Wildman–Crippen MR) is 81.8 cm³/mol. The van der Waals surface area contributed by atoms with Crippen LogP contribution in [0.4, 0.5) is 5.69 Å². The van der Waals surface area contributed by atoms with E-state index in [2.05, 4.69) is 15.8 Å². The van der Waals surface area contributed by atoms with Gasteiger partial charge in [-0.25, -0.2) is 4.98 Å². The van der Waals surface area contributed by atoms with E-state index in [1.54, 1.807) is 18.2 Å². The van der Waals surface area contributed by atoms with Crippen molar-refractivity contribution < 1.29 is 4.79 Å². The summed E-state index contributed by atoms with van der Waals surface area (Å²) in [5.41, 5.74) is 5.93. The summed E-state index contributed by atoms with van der Waals surface area (Å²) in [4.78, 5) is 15.7. The van der Waals surface area contributed by atoms with Gasteiger partial charge >= 0.3 is 0 Å². The number of pyridine rings is 1. The highest BCUT2D eigenvalue weighted by Crippen LogP contribution is 2.24. The van der Waals surface area contributed by atoms with E-state index in [0.29, 0.717) is 15.7 Å². The molecule has 2 N–H and O–H groups in total. The van der Waals surface area contributed by atoms with Crippen LogP contribution in [0.2, 0.25) is 20.4 Å². The quantitative estimate of drug-likeness (QED) is 0.635. The van der Waals surface area contributed by atoms with Gasteiger partial charge in [-0.3, -0.25) is 15.6 Å². The number of hydrazine groups is 1. The van der Waals surface area contributed by atoms with Crippen LogP contribution in [0.5, 0.6) is 0 Å². The summed E-state index contributed by atoms with van der Waals surface area (Å²) in [7, 11) is 0. The van der Waals surface area contributed by atoms with Crippen molar-refractivity contribution in [3.63, 3.8) is 0 Å². The second-order valence-corrected chi connectivity index (χ2v) is 5.32. The van der Waals surface area contributed by atoms with Crippen LogP contribution in [0, 0.1) is 0 Å². The number of hydrogen-bond donors (Lipinski definition) is 2. The Balaban J connectivity index is 2.08. The number of rotatable bonds is 3. The number of carbonyl (C=O) groups excluding carboxylic acids is 1. The minimum atomic E-state index is -0.429. The van der Waals surface area contributed by atoms with Crippen molar-refractivity contribution in [2.75, 3.05) is 5.43 Å². The van der Waals surface area contributed by atoms with Crippen LogP contribution in [0.25, 0.3) is 0 Å². The molecule has 1 amide bonds. The van der Waals surface area contributed by atoms with E-state index in [-0.39, 0.29) is 15.9 Å². The molecule has 0 aliphatic heterocycles. The fraction of sp³-hybridized carbons (Fsp3) is 0. The molecule has 8 heteroatoms. The lowest BCUT2D eigenvalue weighted by atomic mass is 10.2. The minimum absolute atomic E-state index is 0.132. The van der Waals surface area contributed by atoms with Gasteiger partial charge < -0.3 is 0 Å². The molecule has 20 heavy (non-hydrogen) atoms. The molecule has 0 atom stereocenters. The average molecular weight is 351 g/mol. The van der Waals surface area contributed by atoms with Crippen LogP contribution < -0.4 is 10.9 Å². The molecule has 0 saturated heterocycles. The second-order valence-electron chi connectivity index (χ2n) is 3.70. The fourth-order valence-electron chi connectivity index (χ4n) is 1.38. The molecular formula is C12H7Cl4N3O. The van der Waals surface area contributed by atoms with Gasteiger partial charge in [-0.05, 0) is 30.3 Å². The number of benzene rings is 1. The van der Waals surface area contributed by atoms with Crippen LogP contribution in [0.15, 0.2) is 30.3 Å². The Bertz CT molecular complexity index is 643. The molecule has 104 valence electrons. The Morgan fingerprint density at radius 2 is 1.65 bits per heavy atom. The normalized spacial score (nSPS) is 10.2. The van der Waals surface area contributed by atoms with Gasteiger partial charge in [0.2, 0.25) is 0 Å². The maximum absolute atomic E-state index is 11.9. The van der Waals surface area contributed by atoms with Crippen LogP contribution in [0.3, 0.4) is 0 Å². The Kier molecular flexibility index (Phi) is 4.94. The SMILES string of the molecule is O=C(NNc1ccc(Cl)cc1Cl)c1cc(Cl)nc(Cl)c1. The van der Waals surface area contributed by atoms with E-state index in [0.717, 1.165) is 0 Å². The van der Waals surface area contributed by atoms with E-state index < -0.39 is 5.91 Å². The Hall–Kier alpha value is -1.20. The first-order chi connectivity index (χ1) is 9.45. The summed E-state index contributed by atoms with van der Waals surface area (Å²) in [6, 6.07) is 7.62. The molecule has 1 aromatic carbocycles. The summed E-state index contributed by atoms with van der Waals surface area (Å²) in [5.74, 6) is -0.429. The molecule has 0 bridgehead atoms. The van der Waals surface area contributed by atoms with Gasteiger partial charge in [0, 0.05) is 10.6 Å². The highest BCUT2D eigenvalue weighted by atomic mass is 35.5. The molecule has 0 aliphatic rings. The highest BCUT2D eigenvalue weighted by Gasteiger charge is 2.09. The molecule has 0 radical (unpaired) electrons. The van der Waals surface area contributed by atoms with Crippen LogP contribution in [-0.2, 0) is 0 Å². The number of aromatic nitrogens is 1. The zero-order valence-electron chi connectivity index (χ0n) is 9.75. The lowest BCUT2D eigenvalue weighted by Gasteiger charge is -2.10. The fourth-order valence-corrected chi connectivity index (χ4v) is 2.30. The summed E-state index contributed by atoms with van der Waals surface area (Å²) in [6.45, 7) is 0. The molecule has 0 spiro atoms. The summed E-state index contributed by atoms with van der Waals surface area (Å²) in [5, 5.41) is 1.14. The van der Waals surface area contributed by atoms with Crippen molar-refractivity contribution in [1.82, 2.24) is 10.4 Å². The maximum atomic E-state index is 11.9. The molecule has 4 nitrogen and oxygen atoms in total. The first-order valence-corrected chi connectivity index (χ1v) is 6.81. The third-order valence-electron chi connectivity index (χ3n) is 2.27. The molecular weight excluding hydrogens is 344 g/mol. The molecule has 1 heterocycles. The van der Waals surface area contributed by atoms with Crippen molar-refractivity contribution in [2.45, 2.75) is 0 Å². The van der Waals surface area contributed by atoms with Gasteiger partial charge in [0.05, 0.1) is 10.7 Å². The van der Waals surface area contributed by atoms with Gasteiger partial charge in [-0.15, -0.1) is 0 Å². The number of halogens is 4. The van der Waals surface area contributed by atoms with E-state index in [1.165, 1.54) is 12.1 Å². The third kappa shape index (κ3) is 3.90. The summed E-state index contributed by atoms with van der Waals surface area (Å²) in [6.07, 6.45) is 0. The number of nitrogens with zero attached hydrogens (tertiary/aromatic N) is 1. The van der Waals surface area contributed by atoms with E-state index in [9.17, 15) is 4.79 Å². The molecule has 2 rings (SSSR count). The zero-order chi connectivity index (χ0) is 14.7. The van der Waals surface area contributed by atoms with Gasteiger partial charge in [-0.1, -0.05) is 46.4 Å². The van der Waals surface area contributed by atoms with Gasteiger partial charge in [0.25, 0.3) is 5.91 Å². The Morgan fingerprint density at radius 3 is 2.25 bits per heavy atom. The topological polar surface area (TPSA) is 54.0 Å². The van der Waals surface area contributed by atoms with Crippen LogP contribution in [-0.4, -0.2) is 10.9 Å². The van der Waals surface area contributed by atoms with Crippen molar-refractivity contribution in [1.29, 1.82) is 0 Å². The third-order valence-corrected chi connectivity index (χ3v) is 3.20. The first-order valence-electron chi connectivity index (χ1n) is 5.30. The van der Waals surface area contributed by atoms with Crippen molar-refractivity contribution in [2.24, 2.45) is 0 Å². The maximum Gasteiger partial charge on any atom is 0.269 e. The Labute approximate surface area is 135 Å².